The first-order chi connectivity index (χ1) is 19.2. The van der Waals surface area contributed by atoms with Crippen molar-refractivity contribution in [3.63, 3.8) is 0 Å². The first-order valence-corrected chi connectivity index (χ1v) is 12.0. The van der Waals surface area contributed by atoms with Crippen LogP contribution in [-0.4, -0.2) is 84.5 Å². The smallest absolute Gasteiger partial charge is 0.337 e. The van der Waals surface area contributed by atoms with Gasteiger partial charge in [-0.2, -0.15) is 9.97 Å². The molecule has 208 valence electrons. The average molecular weight is 554 g/mol. The lowest BCUT2D eigenvalue weighted by Gasteiger charge is -2.32. The van der Waals surface area contributed by atoms with Crippen LogP contribution in [0.1, 0.15) is 12.8 Å². The van der Waals surface area contributed by atoms with Crippen LogP contribution in [-0.2, 0) is 24.0 Å². The van der Waals surface area contributed by atoms with E-state index in [1.165, 1.54) is 7.11 Å². The van der Waals surface area contributed by atoms with Gasteiger partial charge in [-0.15, -0.1) is 0 Å². The Hall–Kier alpha value is -5.05. The predicted octanol–water partition coefficient (Wildman–Crippen LogP) is -0.0112. The summed E-state index contributed by atoms with van der Waals surface area (Å²) in [5, 5.41) is 2.40. The number of nitrogens with zero attached hydrogens (tertiary/aromatic N) is 3. The molecule has 40 heavy (non-hydrogen) atoms. The quantitative estimate of drug-likeness (QED) is 0.385. The van der Waals surface area contributed by atoms with Gasteiger partial charge in [-0.3, -0.25) is 9.69 Å². The van der Waals surface area contributed by atoms with Crippen molar-refractivity contribution in [2.24, 2.45) is 0 Å². The van der Waals surface area contributed by atoms with E-state index < -0.39 is 41.6 Å². The van der Waals surface area contributed by atoms with Crippen LogP contribution in [0.5, 0.6) is 34.9 Å². The van der Waals surface area contributed by atoms with Gasteiger partial charge in [0.05, 0.1) is 13.7 Å². The molecule has 1 aromatic heterocycles. The maximum Gasteiger partial charge on any atom is 0.337 e. The van der Waals surface area contributed by atoms with E-state index in [1.807, 2.05) is 4.90 Å². The molecule has 2 aromatic rings. The number of fused-ring (bicyclic) bond motifs is 2. The van der Waals surface area contributed by atoms with Crippen molar-refractivity contribution in [2.45, 2.75) is 18.9 Å². The van der Waals surface area contributed by atoms with E-state index in [2.05, 4.69) is 15.3 Å². The molecular formula is C25H22N4O11. The number of benzene rings is 1. The lowest BCUT2D eigenvalue weighted by molar-refractivity contribution is -0.133. The Morgan fingerprint density at radius 1 is 0.900 bits per heavy atom. The van der Waals surface area contributed by atoms with Crippen molar-refractivity contribution in [1.29, 1.82) is 0 Å². The molecule has 15 heteroatoms. The SMILES string of the molecule is CNC(=O)CN1CCC(Oc2c3c(c4nc(OC)nc5c4c2OC(=O)/C=C/C(=O)O5)OC(=O)/C=C/C(=O)O3)CC1. The van der Waals surface area contributed by atoms with E-state index in [9.17, 15) is 24.0 Å². The second-order valence-corrected chi connectivity index (χ2v) is 8.67. The van der Waals surface area contributed by atoms with Gasteiger partial charge >= 0.3 is 29.9 Å². The average Bonchev–Trinajstić information content (AvgIpc) is 2.99. The summed E-state index contributed by atoms with van der Waals surface area (Å²) in [5.74, 6) is -5.76. The van der Waals surface area contributed by atoms with Crippen molar-refractivity contribution in [2.75, 3.05) is 33.8 Å². The lowest BCUT2D eigenvalue weighted by atomic mass is 10.1. The van der Waals surface area contributed by atoms with Crippen LogP contribution in [0.2, 0.25) is 0 Å². The lowest BCUT2D eigenvalue weighted by Crippen LogP contribution is -2.43. The number of piperidine rings is 1. The molecular weight excluding hydrogens is 532 g/mol. The molecule has 0 bridgehead atoms. The molecule has 1 fully saturated rings. The number of amides is 1. The Morgan fingerprint density at radius 3 is 2.08 bits per heavy atom. The molecule has 5 rings (SSSR count). The van der Waals surface area contributed by atoms with E-state index in [-0.39, 0.29) is 46.6 Å². The van der Waals surface area contributed by atoms with Gasteiger partial charge < -0.3 is 33.7 Å². The Kier molecular flexibility index (Phi) is 7.29. The number of nitrogens with one attached hydrogen (secondary N) is 1. The van der Waals surface area contributed by atoms with Crippen LogP contribution >= 0.6 is 0 Å². The molecule has 0 unspecified atom stereocenters. The van der Waals surface area contributed by atoms with Crippen molar-refractivity contribution >= 4 is 40.7 Å². The number of ether oxygens (including phenoxy) is 6. The van der Waals surface area contributed by atoms with Crippen molar-refractivity contribution in [3.8, 4) is 34.9 Å². The maximum absolute atomic E-state index is 12.6. The van der Waals surface area contributed by atoms with E-state index in [1.54, 1.807) is 7.05 Å². The Labute approximate surface area is 225 Å². The first kappa shape index (κ1) is 26.6. The highest BCUT2D eigenvalue weighted by atomic mass is 16.6. The summed E-state index contributed by atoms with van der Waals surface area (Å²) in [5.41, 5.74) is -0.224. The third-order valence-electron chi connectivity index (χ3n) is 6.08. The molecule has 1 N–H and O–H groups in total. The van der Waals surface area contributed by atoms with Crippen molar-refractivity contribution in [3.05, 3.63) is 24.3 Å². The molecule has 0 spiro atoms. The van der Waals surface area contributed by atoms with E-state index in [0.29, 0.717) is 25.9 Å². The number of aromatic nitrogens is 2. The summed E-state index contributed by atoms with van der Waals surface area (Å²) < 4.78 is 33.2. The second kappa shape index (κ2) is 11.0. The van der Waals surface area contributed by atoms with Gasteiger partial charge in [0, 0.05) is 44.4 Å². The standard InChI is InChI=1S/C25H22N4O11/c1-26-13(30)11-29-9-7-12(8-10-29)36-22-20-18-19(21-23(22)39-16(33)4-3-15(32)38-21)27-25(35-2)28-24(18)40-17(34)6-5-14(31)37-20/h3-6,12H,7-11H2,1-2H3,(H,26,30)/b4-3+,6-5+. The number of carbonyl (C=O) groups is 5. The van der Waals surface area contributed by atoms with Crippen LogP contribution in [0.15, 0.2) is 24.3 Å². The van der Waals surface area contributed by atoms with Gasteiger partial charge in [0.2, 0.25) is 29.0 Å². The fourth-order valence-electron chi connectivity index (χ4n) is 4.21. The molecule has 0 radical (unpaired) electrons. The number of likely N-dealkylation sites (tertiary alicyclic amines) is 1. The van der Waals surface area contributed by atoms with Crippen LogP contribution in [0.4, 0.5) is 0 Å². The van der Waals surface area contributed by atoms with Crippen molar-refractivity contribution in [1.82, 2.24) is 20.2 Å². The fourth-order valence-corrected chi connectivity index (χ4v) is 4.21. The zero-order valence-electron chi connectivity index (χ0n) is 21.3. The first-order valence-electron chi connectivity index (χ1n) is 12.0. The third-order valence-corrected chi connectivity index (χ3v) is 6.08. The normalized spacial score (nSPS) is 19.2. The summed E-state index contributed by atoms with van der Waals surface area (Å²) in [6.45, 7) is 1.19. The van der Waals surface area contributed by atoms with Gasteiger partial charge in [0.15, 0.2) is 5.75 Å². The van der Waals surface area contributed by atoms with E-state index in [0.717, 1.165) is 24.3 Å². The summed E-state index contributed by atoms with van der Waals surface area (Å²) in [4.78, 5) is 72.0. The largest absolute Gasteiger partial charge is 0.483 e. The van der Waals surface area contributed by atoms with Crippen LogP contribution in [0, 0.1) is 0 Å². The van der Waals surface area contributed by atoms with Crippen LogP contribution in [0.25, 0.3) is 10.9 Å². The summed E-state index contributed by atoms with van der Waals surface area (Å²) in [7, 11) is 2.80. The molecule has 1 amide bonds. The van der Waals surface area contributed by atoms with E-state index >= 15 is 0 Å². The summed E-state index contributed by atoms with van der Waals surface area (Å²) >= 11 is 0. The van der Waals surface area contributed by atoms with Gasteiger partial charge in [-0.05, 0) is 12.8 Å². The van der Waals surface area contributed by atoms with Gasteiger partial charge in [-0.1, -0.05) is 0 Å². The van der Waals surface area contributed by atoms with Gasteiger partial charge in [0.25, 0.3) is 0 Å². The number of likely N-dealkylation sites (N-methyl/N-ethyl adjacent to an activating group) is 1. The number of hydrogen-bond donors (Lipinski definition) is 1. The number of methoxy groups -OCH3 is 1. The highest BCUT2D eigenvalue weighted by molar-refractivity contribution is 6.07. The highest BCUT2D eigenvalue weighted by Gasteiger charge is 2.36. The predicted molar refractivity (Wildman–Crippen MR) is 131 cm³/mol. The van der Waals surface area contributed by atoms with Crippen LogP contribution in [0.3, 0.4) is 0 Å². The molecule has 1 saturated heterocycles. The molecule has 0 saturated carbocycles. The molecule has 1 aromatic carbocycles. The number of carbonyl (C=O) groups excluding carboxylic acids is 5. The zero-order valence-corrected chi connectivity index (χ0v) is 21.3. The summed E-state index contributed by atoms with van der Waals surface area (Å²) in [6, 6.07) is -0.296. The molecule has 15 nitrogen and oxygen atoms in total. The molecule has 4 heterocycles. The van der Waals surface area contributed by atoms with Gasteiger partial charge in [-0.25, -0.2) is 19.2 Å². The molecule has 0 atom stereocenters. The minimum absolute atomic E-state index is 0.137. The molecule has 0 aliphatic carbocycles. The fraction of sp³-hybridized carbons (Fsp3) is 0.320. The zero-order chi connectivity index (χ0) is 28.4. The minimum atomic E-state index is -0.985. The topological polar surface area (TPSA) is 182 Å². The summed E-state index contributed by atoms with van der Waals surface area (Å²) in [6.07, 6.45) is 3.73. The number of rotatable bonds is 5. The third kappa shape index (κ3) is 5.40. The minimum Gasteiger partial charge on any atom is -0.483 e. The monoisotopic (exact) mass is 554 g/mol. The molecule has 3 aliphatic rings. The Morgan fingerprint density at radius 2 is 1.48 bits per heavy atom. The number of hydrogen-bond acceptors (Lipinski definition) is 14. The Balaban J connectivity index is 1.69. The Bertz CT molecular complexity index is 1490. The second-order valence-electron chi connectivity index (χ2n) is 8.67. The highest BCUT2D eigenvalue weighted by Crippen LogP contribution is 2.54. The van der Waals surface area contributed by atoms with Gasteiger partial charge in [0.1, 0.15) is 17.0 Å². The van der Waals surface area contributed by atoms with E-state index in [4.69, 9.17) is 28.4 Å². The van der Waals surface area contributed by atoms with Crippen LogP contribution < -0.4 is 33.7 Å². The maximum atomic E-state index is 12.6. The molecule has 3 aliphatic heterocycles. The van der Waals surface area contributed by atoms with Crippen molar-refractivity contribution < 1.29 is 52.4 Å². The number of esters is 4.